The molecule has 5 nitrogen and oxygen atoms in total. The van der Waals surface area contributed by atoms with E-state index in [1.54, 1.807) is 18.5 Å². The van der Waals surface area contributed by atoms with E-state index in [4.69, 9.17) is 9.15 Å². The van der Waals surface area contributed by atoms with Gasteiger partial charge in [0.2, 0.25) is 5.89 Å². The summed E-state index contributed by atoms with van der Waals surface area (Å²) in [7, 11) is 1.53. The summed E-state index contributed by atoms with van der Waals surface area (Å²) in [4.78, 5) is 8.58. The molecule has 1 aromatic carbocycles. The fourth-order valence-corrected chi connectivity index (χ4v) is 2.22. The Kier molecular flexibility index (Phi) is 5.05. The van der Waals surface area contributed by atoms with E-state index < -0.39 is 5.82 Å². The van der Waals surface area contributed by atoms with Crippen LogP contribution < -0.4 is 4.74 Å². The van der Waals surface area contributed by atoms with Crippen molar-refractivity contribution in [2.45, 2.75) is 20.4 Å². The molecule has 3 aromatic rings. The first-order valence-electron chi connectivity index (χ1n) is 6.85. The van der Waals surface area contributed by atoms with Crippen LogP contribution in [0.3, 0.4) is 0 Å². The van der Waals surface area contributed by atoms with E-state index in [0.29, 0.717) is 18.1 Å². The first-order chi connectivity index (χ1) is 10.6. The first kappa shape index (κ1) is 17.0. The zero-order chi connectivity index (χ0) is 15.7. The summed E-state index contributed by atoms with van der Waals surface area (Å²) < 4.78 is 26.6. The maximum atomic E-state index is 14.0. The van der Waals surface area contributed by atoms with Crippen LogP contribution in [0.4, 0.5) is 4.39 Å². The SMILES string of the molecule is COc1ccc(F)c(-c2nc(Cn3cnc(C)c3)c(C)o2)c1.Cl. The van der Waals surface area contributed by atoms with Gasteiger partial charge in [0.25, 0.3) is 0 Å². The Morgan fingerprint density at radius 1 is 1.30 bits per heavy atom. The van der Waals surface area contributed by atoms with Gasteiger partial charge in [0.15, 0.2) is 0 Å². The second kappa shape index (κ2) is 6.83. The number of methoxy groups -OCH3 is 1. The Hall–Kier alpha value is -2.34. The lowest BCUT2D eigenvalue weighted by molar-refractivity contribution is 0.413. The number of hydrogen-bond donors (Lipinski definition) is 0. The highest BCUT2D eigenvalue weighted by Gasteiger charge is 2.16. The molecule has 0 aliphatic carbocycles. The predicted molar refractivity (Wildman–Crippen MR) is 86.5 cm³/mol. The number of aryl methyl sites for hydroxylation is 2. The maximum absolute atomic E-state index is 14.0. The third-order valence-corrected chi connectivity index (χ3v) is 3.39. The molecule has 122 valence electrons. The summed E-state index contributed by atoms with van der Waals surface area (Å²) in [6.07, 6.45) is 3.65. The van der Waals surface area contributed by atoms with Crippen molar-refractivity contribution >= 4 is 12.4 Å². The molecule has 23 heavy (non-hydrogen) atoms. The van der Waals surface area contributed by atoms with Crippen molar-refractivity contribution in [2.75, 3.05) is 7.11 Å². The molecule has 2 aromatic heterocycles. The van der Waals surface area contributed by atoms with Crippen LogP contribution in [-0.4, -0.2) is 21.6 Å². The minimum absolute atomic E-state index is 0. The van der Waals surface area contributed by atoms with Gasteiger partial charge in [-0.05, 0) is 32.0 Å². The van der Waals surface area contributed by atoms with Crippen molar-refractivity contribution in [1.82, 2.24) is 14.5 Å². The molecule has 0 bridgehead atoms. The molecule has 2 heterocycles. The lowest BCUT2D eigenvalue weighted by Gasteiger charge is -2.02. The topological polar surface area (TPSA) is 53.1 Å². The number of imidazole rings is 1. The third-order valence-electron chi connectivity index (χ3n) is 3.39. The summed E-state index contributed by atoms with van der Waals surface area (Å²) in [5.74, 6) is 1.07. The molecule has 0 saturated heterocycles. The van der Waals surface area contributed by atoms with E-state index in [-0.39, 0.29) is 23.9 Å². The van der Waals surface area contributed by atoms with Crippen molar-refractivity contribution in [1.29, 1.82) is 0 Å². The standard InChI is InChI=1S/C16H16FN3O2.ClH/c1-10-7-20(9-18-10)8-15-11(2)22-16(19-15)13-6-12(21-3)4-5-14(13)17;/h4-7,9H,8H2,1-3H3;1H. The minimum atomic E-state index is -0.396. The van der Waals surface area contributed by atoms with Gasteiger partial charge in [0.05, 0.1) is 31.2 Å². The molecule has 0 saturated carbocycles. The fourth-order valence-electron chi connectivity index (χ4n) is 2.22. The molecule has 0 N–H and O–H groups in total. The van der Waals surface area contributed by atoms with Gasteiger partial charge in [-0.25, -0.2) is 14.4 Å². The van der Waals surface area contributed by atoms with E-state index in [1.807, 2.05) is 24.6 Å². The molecular formula is C16H17ClFN3O2. The Morgan fingerprint density at radius 3 is 2.74 bits per heavy atom. The number of hydrogen-bond acceptors (Lipinski definition) is 4. The lowest BCUT2D eigenvalue weighted by atomic mass is 10.2. The largest absolute Gasteiger partial charge is 0.497 e. The van der Waals surface area contributed by atoms with Gasteiger partial charge < -0.3 is 13.7 Å². The van der Waals surface area contributed by atoms with Crippen LogP contribution in [0.15, 0.2) is 35.1 Å². The highest BCUT2D eigenvalue weighted by Crippen LogP contribution is 2.28. The molecule has 0 atom stereocenters. The van der Waals surface area contributed by atoms with Gasteiger partial charge in [-0.2, -0.15) is 0 Å². The Labute approximate surface area is 139 Å². The Morgan fingerprint density at radius 2 is 2.09 bits per heavy atom. The fraction of sp³-hybridized carbons (Fsp3) is 0.250. The molecule has 0 spiro atoms. The van der Waals surface area contributed by atoms with Crippen molar-refractivity contribution in [2.24, 2.45) is 0 Å². The van der Waals surface area contributed by atoms with E-state index in [2.05, 4.69) is 9.97 Å². The van der Waals surface area contributed by atoms with E-state index >= 15 is 0 Å². The summed E-state index contributed by atoms with van der Waals surface area (Å²) in [5, 5.41) is 0. The Balaban J connectivity index is 0.00000192. The lowest BCUT2D eigenvalue weighted by Crippen LogP contribution is -1.98. The minimum Gasteiger partial charge on any atom is -0.497 e. The van der Waals surface area contributed by atoms with Gasteiger partial charge in [0, 0.05) is 6.20 Å². The van der Waals surface area contributed by atoms with Gasteiger partial charge in [-0.3, -0.25) is 0 Å². The van der Waals surface area contributed by atoms with Crippen LogP contribution in [-0.2, 0) is 6.54 Å². The van der Waals surface area contributed by atoms with Crippen molar-refractivity contribution in [3.63, 3.8) is 0 Å². The molecule has 0 aliphatic rings. The van der Waals surface area contributed by atoms with E-state index in [0.717, 1.165) is 11.4 Å². The third kappa shape index (κ3) is 3.53. The number of aromatic nitrogens is 3. The van der Waals surface area contributed by atoms with E-state index in [1.165, 1.54) is 13.2 Å². The second-order valence-corrected chi connectivity index (χ2v) is 5.06. The van der Waals surface area contributed by atoms with Gasteiger partial charge in [-0.1, -0.05) is 0 Å². The van der Waals surface area contributed by atoms with Crippen LogP contribution in [0, 0.1) is 19.7 Å². The normalized spacial score (nSPS) is 10.4. The van der Waals surface area contributed by atoms with E-state index in [9.17, 15) is 4.39 Å². The quantitative estimate of drug-likeness (QED) is 0.727. The van der Waals surface area contributed by atoms with Crippen LogP contribution in [0.1, 0.15) is 17.1 Å². The summed E-state index contributed by atoms with van der Waals surface area (Å²) in [6, 6.07) is 4.47. The number of halogens is 2. The zero-order valence-corrected chi connectivity index (χ0v) is 13.9. The highest BCUT2D eigenvalue weighted by molar-refractivity contribution is 5.85. The monoisotopic (exact) mass is 337 g/mol. The summed E-state index contributed by atoms with van der Waals surface area (Å²) >= 11 is 0. The van der Waals surface area contributed by atoms with Crippen LogP contribution in [0.2, 0.25) is 0 Å². The van der Waals surface area contributed by atoms with Crippen molar-refractivity contribution in [3.05, 3.63) is 53.7 Å². The second-order valence-electron chi connectivity index (χ2n) is 5.06. The number of nitrogens with zero attached hydrogens (tertiary/aromatic N) is 3. The molecule has 0 radical (unpaired) electrons. The number of oxazole rings is 1. The number of ether oxygens (including phenoxy) is 1. The van der Waals surface area contributed by atoms with Crippen molar-refractivity contribution < 1.29 is 13.5 Å². The molecule has 0 unspecified atom stereocenters. The number of rotatable bonds is 4. The molecule has 0 fully saturated rings. The average Bonchev–Trinajstić information content (AvgIpc) is 3.06. The molecule has 3 rings (SSSR count). The summed E-state index contributed by atoms with van der Waals surface area (Å²) in [5.41, 5.74) is 1.96. The highest BCUT2D eigenvalue weighted by atomic mass is 35.5. The van der Waals surface area contributed by atoms with Crippen LogP contribution in [0.25, 0.3) is 11.5 Å². The Bertz CT molecular complexity index is 814. The summed E-state index contributed by atoms with van der Waals surface area (Å²) in [6.45, 7) is 4.26. The molecule has 0 aliphatic heterocycles. The van der Waals surface area contributed by atoms with Gasteiger partial charge in [-0.15, -0.1) is 12.4 Å². The van der Waals surface area contributed by atoms with Crippen LogP contribution >= 0.6 is 12.4 Å². The molecule has 7 heteroatoms. The first-order valence-corrected chi connectivity index (χ1v) is 6.85. The predicted octanol–water partition coefficient (Wildman–Crippen LogP) is 3.77. The van der Waals surface area contributed by atoms with Gasteiger partial charge >= 0.3 is 0 Å². The van der Waals surface area contributed by atoms with Gasteiger partial charge in [0.1, 0.15) is 23.0 Å². The van der Waals surface area contributed by atoms with Crippen LogP contribution in [0.5, 0.6) is 5.75 Å². The van der Waals surface area contributed by atoms with Crippen molar-refractivity contribution in [3.8, 4) is 17.2 Å². The molecular weight excluding hydrogens is 321 g/mol. The average molecular weight is 338 g/mol. The smallest absolute Gasteiger partial charge is 0.229 e. The number of benzene rings is 1. The maximum Gasteiger partial charge on any atom is 0.229 e. The zero-order valence-electron chi connectivity index (χ0n) is 13.0. The molecule has 0 amide bonds.